The summed E-state index contributed by atoms with van der Waals surface area (Å²) in [4.78, 5) is 2.25. The Bertz CT molecular complexity index is 409. The highest BCUT2D eigenvalue weighted by Crippen LogP contribution is 2.36. The third-order valence-corrected chi connectivity index (χ3v) is 3.75. The lowest BCUT2D eigenvalue weighted by molar-refractivity contribution is 0.238. The minimum absolute atomic E-state index is 0.255. The third kappa shape index (κ3) is 2.50. The largest absolute Gasteiger partial charge is 0.495 e. The number of aliphatic hydroxyl groups is 1. The van der Waals surface area contributed by atoms with Gasteiger partial charge in [0.25, 0.3) is 0 Å². The smallest absolute Gasteiger partial charge is 0.143 e. The molecular weight excluding hydrogens is 238 g/mol. The van der Waals surface area contributed by atoms with Crippen molar-refractivity contribution < 1.29 is 9.84 Å². The van der Waals surface area contributed by atoms with Gasteiger partial charge in [-0.05, 0) is 25.0 Å². The minimum atomic E-state index is 0.255. The summed E-state index contributed by atoms with van der Waals surface area (Å²) in [6, 6.07) is 3.92. The van der Waals surface area contributed by atoms with E-state index in [1.807, 2.05) is 13.0 Å². The highest BCUT2D eigenvalue weighted by Gasteiger charge is 2.24. The molecule has 0 bridgehead atoms. The molecule has 17 heavy (non-hydrogen) atoms. The number of halogens is 1. The summed E-state index contributed by atoms with van der Waals surface area (Å²) in [5.74, 6) is 1.18. The molecule has 0 aromatic heterocycles. The minimum Gasteiger partial charge on any atom is -0.495 e. The molecule has 1 fully saturated rings. The number of nitrogens with zero attached hydrogens (tertiary/aromatic N) is 1. The van der Waals surface area contributed by atoms with Crippen molar-refractivity contribution in [2.24, 2.45) is 5.92 Å². The summed E-state index contributed by atoms with van der Waals surface area (Å²) in [5, 5.41) is 9.90. The lowest BCUT2D eigenvalue weighted by atomic mass is 10.1. The van der Waals surface area contributed by atoms with Gasteiger partial charge in [-0.1, -0.05) is 11.6 Å². The molecule has 0 radical (unpaired) electrons. The van der Waals surface area contributed by atoms with Gasteiger partial charge in [0.2, 0.25) is 0 Å². The van der Waals surface area contributed by atoms with Gasteiger partial charge in [0.15, 0.2) is 0 Å². The number of hydrogen-bond donors (Lipinski definition) is 1. The van der Waals surface area contributed by atoms with Crippen LogP contribution in [0.15, 0.2) is 12.1 Å². The van der Waals surface area contributed by atoms with E-state index in [0.717, 1.165) is 41.5 Å². The molecule has 0 spiro atoms. The van der Waals surface area contributed by atoms with Crippen LogP contribution in [-0.2, 0) is 0 Å². The van der Waals surface area contributed by atoms with Gasteiger partial charge in [0.05, 0.1) is 12.8 Å². The Kier molecular flexibility index (Phi) is 3.79. The van der Waals surface area contributed by atoms with Crippen LogP contribution in [0.4, 0.5) is 5.69 Å². The molecule has 2 rings (SSSR count). The Balaban J connectivity index is 2.28. The fourth-order valence-electron chi connectivity index (χ4n) is 2.26. The van der Waals surface area contributed by atoms with E-state index in [1.54, 1.807) is 7.11 Å². The fraction of sp³-hybridized carbons (Fsp3) is 0.538. The molecule has 0 aliphatic carbocycles. The standard InChI is InChI=1S/C13H18ClNO2/c1-9-5-12(13(17-2)6-11(9)14)15-4-3-10(7-15)8-16/h5-6,10,16H,3-4,7-8H2,1-2H3. The summed E-state index contributed by atoms with van der Waals surface area (Å²) < 4.78 is 5.37. The first-order valence-corrected chi connectivity index (χ1v) is 6.23. The van der Waals surface area contributed by atoms with E-state index in [1.165, 1.54) is 0 Å². The summed E-state index contributed by atoms with van der Waals surface area (Å²) >= 11 is 6.09. The normalized spacial score (nSPS) is 19.8. The number of benzene rings is 1. The van der Waals surface area contributed by atoms with Crippen molar-refractivity contribution in [3.05, 3.63) is 22.7 Å². The predicted molar refractivity (Wildman–Crippen MR) is 70.1 cm³/mol. The van der Waals surface area contributed by atoms with Crippen molar-refractivity contribution in [1.29, 1.82) is 0 Å². The van der Waals surface area contributed by atoms with Crippen molar-refractivity contribution in [2.45, 2.75) is 13.3 Å². The topological polar surface area (TPSA) is 32.7 Å². The number of aliphatic hydroxyl groups excluding tert-OH is 1. The van der Waals surface area contributed by atoms with E-state index >= 15 is 0 Å². The first kappa shape index (κ1) is 12.5. The quantitative estimate of drug-likeness (QED) is 0.901. The number of anilines is 1. The molecule has 0 saturated carbocycles. The third-order valence-electron chi connectivity index (χ3n) is 3.34. The number of methoxy groups -OCH3 is 1. The molecule has 1 aromatic rings. The molecular formula is C13H18ClNO2. The number of aryl methyl sites for hydroxylation is 1. The Morgan fingerprint density at radius 2 is 2.29 bits per heavy atom. The fourth-order valence-corrected chi connectivity index (χ4v) is 2.41. The molecule has 1 atom stereocenters. The lowest BCUT2D eigenvalue weighted by Gasteiger charge is -2.22. The van der Waals surface area contributed by atoms with Crippen LogP contribution >= 0.6 is 11.6 Å². The average molecular weight is 256 g/mol. The van der Waals surface area contributed by atoms with Crippen LogP contribution in [0.3, 0.4) is 0 Å². The first-order chi connectivity index (χ1) is 8.15. The van der Waals surface area contributed by atoms with Crippen LogP contribution in [-0.4, -0.2) is 31.9 Å². The van der Waals surface area contributed by atoms with E-state index in [0.29, 0.717) is 5.92 Å². The molecule has 1 aliphatic heterocycles. The zero-order valence-electron chi connectivity index (χ0n) is 10.2. The Labute approximate surface area is 107 Å². The Hall–Kier alpha value is -0.930. The van der Waals surface area contributed by atoms with Crippen molar-refractivity contribution >= 4 is 17.3 Å². The van der Waals surface area contributed by atoms with Crippen LogP contribution in [0.2, 0.25) is 5.02 Å². The molecule has 1 heterocycles. The zero-order chi connectivity index (χ0) is 12.4. The molecule has 1 unspecified atom stereocenters. The van der Waals surface area contributed by atoms with E-state index in [4.69, 9.17) is 16.3 Å². The molecule has 0 amide bonds. The van der Waals surface area contributed by atoms with Gasteiger partial charge >= 0.3 is 0 Å². The van der Waals surface area contributed by atoms with Gasteiger partial charge in [-0.3, -0.25) is 0 Å². The SMILES string of the molecule is COc1cc(Cl)c(C)cc1N1CCC(CO)C1. The van der Waals surface area contributed by atoms with Crippen molar-refractivity contribution in [2.75, 3.05) is 31.7 Å². The summed E-state index contributed by atoms with van der Waals surface area (Å²) in [7, 11) is 1.66. The molecule has 1 aromatic carbocycles. The predicted octanol–water partition coefficient (Wildman–Crippen LogP) is 2.48. The highest BCUT2D eigenvalue weighted by atomic mass is 35.5. The van der Waals surface area contributed by atoms with E-state index < -0.39 is 0 Å². The van der Waals surface area contributed by atoms with Gasteiger partial charge in [0.1, 0.15) is 5.75 Å². The second-order valence-corrected chi connectivity index (χ2v) is 4.96. The maximum Gasteiger partial charge on any atom is 0.143 e. The molecule has 4 heteroatoms. The highest BCUT2D eigenvalue weighted by molar-refractivity contribution is 6.31. The summed E-state index contributed by atoms with van der Waals surface area (Å²) in [6.45, 7) is 4.09. The van der Waals surface area contributed by atoms with Gasteiger partial charge in [-0.2, -0.15) is 0 Å². The molecule has 94 valence electrons. The second kappa shape index (κ2) is 5.15. The van der Waals surface area contributed by atoms with Crippen molar-refractivity contribution in [1.82, 2.24) is 0 Å². The Morgan fingerprint density at radius 1 is 1.53 bits per heavy atom. The van der Waals surface area contributed by atoms with Crippen molar-refractivity contribution in [3.8, 4) is 5.75 Å². The van der Waals surface area contributed by atoms with Gasteiger partial charge in [-0.25, -0.2) is 0 Å². The van der Waals surface area contributed by atoms with Crippen LogP contribution in [0, 0.1) is 12.8 Å². The molecule has 1 saturated heterocycles. The maximum absolute atomic E-state index is 9.18. The van der Waals surface area contributed by atoms with Gasteiger partial charge in [-0.15, -0.1) is 0 Å². The maximum atomic E-state index is 9.18. The van der Waals surface area contributed by atoms with Crippen LogP contribution < -0.4 is 9.64 Å². The van der Waals surface area contributed by atoms with E-state index in [2.05, 4.69) is 11.0 Å². The molecule has 1 N–H and O–H groups in total. The lowest BCUT2D eigenvalue weighted by Crippen LogP contribution is -2.21. The van der Waals surface area contributed by atoms with E-state index in [9.17, 15) is 5.11 Å². The number of rotatable bonds is 3. The van der Waals surface area contributed by atoms with Crippen LogP contribution in [0.5, 0.6) is 5.75 Å². The number of ether oxygens (including phenoxy) is 1. The summed E-state index contributed by atoms with van der Waals surface area (Å²) in [5.41, 5.74) is 2.13. The molecule has 3 nitrogen and oxygen atoms in total. The number of hydrogen-bond acceptors (Lipinski definition) is 3. The Morgan fingerprint density at radius 3 is 2.88 bits per heavy atom. The monoisotopic (exact) mass is 255 g/mol. The average Bonchev–Trinajstić information content (AvgIpc) is 2.80. The van der Waals surface area contributed by atoms with Crippen LogP contribution in [0.25, 0.3) is 0 Å². The van der Waals surface area contributed by atoms with Gasteiger partial charge < -0.3 is 14.7 Å². The zero-order valence-corrected chi connectivity index (χ0v) is 11.0. The van der Waals surface area contributed by atoms with Crippen LogP contribution in [0.1, 0.15) is 12.0 Å². The van der Waals surface area contributed by atoms with Crippen molar-refractivity contribution in [3.63, 3.8) is 0 Å². The van der Waals surface area contributed by atoms with E-state index in [-0.39, 0.29) is 6.61 Å². The first-order valence-electron chi connectivity index (χ1n) is 5.85. The molecule has 1 aliphatic rings. The second-order valence-electron chi connectivity index (χ2n) is 4.56. The van der Waals surface area contributed by atoms with Gasteiger partial charge in [0, 0.05) is 36.7 Å². The summed E-state index contributed by atoms with van der Waals surface area (Å²) in [6.07, 6.45) is 1.03.